The van der Waals surface area contributed by atoms with Gasteiger partial charge >= 0.3 is 11.9 Å². The van der Waals surface area contributed by atoms with Gasteiger partial charge in [0.2, 0.25) is 0 Å². The summed E-state index contributed by atoms with van der Waals surface area (Å²) < 4.78 is 79.9. The first kappa shape index (κ1) is 50.6. The van der Waals surface area contributed by atoms with Gasteiger partial charge in [-0.1, -0.05) is 91.0 Å². The number of carboxylic acids is 2. The van der Waals surface area contributed by atoms with Crippen LogP contribution in [-0.4, -0.2) is 79.5 Å². The minimum Gasteiger partial charge on any atom is -0.490 e. The van der Waals surface area contributed by atoms with Crippen molar-refractivity contribution in [2.45, 2.75) is 22.6 Å². The topological polar surface area (TPSA) is 207 Å². The number of anilines is 3. The normalized spacial score (nSPS) is 11.2. The van der Waals surface area contributed by atoms with Crippen molar-refractivity contribution in [3.05, 3.63) is 187 Å². The van der Waals surface area contributed by atoms with E-state index < -0.39 is 32.0 Å². The molecule has 0 atom stereocenters. The Hall–Kier alpha value is -8.28. The Labute approximate surface area is 411 Å². The number of ether oxygens (including phenoxy) is 4. The average molecular weight is 998 g/mol. The lowest BCUT2D eigenvalue weighted by Crippen LogP contribution is -2.14. The quantitative estimate of drug-likeness (QED) is 0.0496. The number of hydrogen-bond acceptors (Lipinski definition) is 11. The Morgan fingerprint density at radius 1 is 0.479 bits per heavy atom. The second kappa shape index (κ2) is 23.3. The molecule has 0 bridgehead atoms. The molecule has 17 heteroatoms. The Balaban J connectivity index is 0.000000209. The first-order valence-corrected chi connectivity index (χ1v) is 25.2. The van der Waals surface area contributed by atoms with Gasteiger partial charge in [-0.05, 0) is 95.7 Å². The second-order valence-electron chi connectivity index (χ2n) is 16.0. The molecule has 8 aromatic carbocycles. The van der Waals surface area contributed by atoms with E-state index in [1.807, 2.05) is 61.5 Å². The van der Waals surface area contributed by atoms with Gasteiger partial charge in [-0.3, -0.25) is 19.0 Å². The van der Waals surface area contributed by atoms with Gasteiger partial charge in [0.1, 0.15) is 49.4 Å². The summed E-state index contributed by atoms with van der Waals surface area (Å²) in [6, 6.07) is 50.5. The number of para-hydroxylation sites is 2. The van der Waals surface area contributed by atoms with Crippen molar-refractivity contribution in [2.75, 3.05) is 54.9 Å². The van der Waals surface area contributed by atoms with Crippen LogP contribution in [0.2, 0.25) is 0 Å². The molecule has 8 rings (SSSR count). The van der Waals surface area contributed by atoms with Crippen LogP contribution >= 0.6 is 0 Å². The molecule has 0 radical (unpaired) electrons. The summed E-state index contributed by atoms with van der Waals surface area (Å²) in [7, 11) is -3.73. The van der Waals surface area contributed by atoms with E-state index in [9.17, 15) is 26.4 Å². The number of fused-ring (bicyclic) bond motifs is 2. The van der Waals surface area contributed by atoms with Crippen molar-refractivity contribution in [1.29, 1.82) is 0 Å². The van der Waals surface area contributed by atoms with Crippen LogP contribution in [0, 0.1) is 0 Å². The van der Waals surface area contributed by atoms with Gasteiger partial charge < -0.3 is 34.1 Å². The highest BCUT2D eigenvalue weighted by Crippen LogP contribution is 2.32. The van der Waals surface area contributed by atoms with E-state index in [1.165, 1.54) is 0 Å². The predicted octanol–water partition coefficient (Wildman–Crippen LogP) is 9.52. The molecule has 4 N–H and O–H groups in total. The van der Waals surface area contributed by atoms with Crippen LogP contribution in [-0.2, 0) is 42.5 Å². The zero-order valence-corrected chi connectivity index (χ0v) is 40.4. The third kappa shape index (κ3) is 13.9. The highest BCUT2D eigenvalue weighted by atomic mass is 32.2. The SMILES string of the molecule is CN(C)c1cccc2c(S(=O)(=O)Nc3ccc(OCCOc4ccccc4CC(=O)O)cc3)cccc12.O=C(O)Cc1ccccc1OCCOc1ccc(NS(=O)(=O)c2ccc3ccccc3c2)cc1. The van der Waals surface area contributed by atoms with Gasteiger partial charge in [-0.25, -0.2) is 16.8 Å². The number of hydrogen-bond donors (Lipinski definition) is 4. The number of rotatable bonds is 21. The number of carbonyl (C=O) groups is 2. The second-order valence-corrected chi connectivity index (χ2v) is 19.4. The summed E-state index contributed by atoms with van der Waals surface area (Å²) >= 11 is 0. The summed E-state index contributed by atoms with van der Waals surface area (Å²) in [6.07, 6.45) is -0.238. The van der Waals surface area contributed by atoms with E-state index >= 15 is 0 Å². The molecule has 0 spiro atoms. The minimum atomic E-state index is -3.83. The number of benzene rings is 8. The maximum absolute atomic E-state index is 13.2. The van der Waals surface area contributed by atoms with Crippen molar-refractivity contribution in [3.63, 3.8) is 0 Å². The Morgan fingerprint density at radius 3 is 1.48 bits per heavy atom. The molecule has 0 aliphatic heterocycles. The Morgan fingerprint density at radius 2 is 0.944 bits per heavy atom. The van der Waals surface area contributed by atoms with Gasteiger partial charge in [-0.15, -0.1) is 0 Å². The van der Waals surface area contributed by atoms with Crippen molar-refractivity contribution in [3.8, 4) is 23.0 Å². The van der Waals surface area contributed by atoms with Crippen molar-refractivity contribution < 1.29 is 55.6 Å². The summed E-state index contributed by atoms with van der Waals surface area (Å²) in [4.78, 5) is 24.3. The molecular formula is C54H51N3O12S2. The van der Waals surface area contributed by atoms with Crippen LogP contribution in [0.3, 0.4) is 0 Å². The molecule has 0 saturated heterocycles. The molecule has 71 heavy (non-hydrogen) atoms. The summed E-state index contributed by atoms with van der Waals surface area (Å²) in [5.74, 6) is 0.254. The lowest BCUT2D eigenvalue weighted by Gasteiger charge is -2.17. The third-order valence-electron chi connectivity index (χ3n) is 10.7. The molecule has 15 nitrogen and oxygen atoms in total. The minimum absolute atomic E-state index is 0.117. The molecule has 0 aliphatic carbocycles. The van der Waals surface area contributed by atoms with Crippen LogP contribution in [0.5, 0.6) is 23.0 Å². The summed E-state index contributed by atoms with van der Waals surface area (Å²) in [5, 5.41) is 21.3. The van der Waals surface area contributed by atoms with E-state index in [0.717, 1.165) is 21.8 Å². The first-order valence-electron chi connectivity index (χ1n) is 22.2. The van der Waals surface area contributed by atoms with Gasteiger partial charge in [0, 0.05) is 53.1 Å². The van der Waals surface area contributed by atoms with Crippen LogP contribution in [0.1, 0.15) is 11.1 Å². The largest absolute Gasteiger partial charge is 0.490 e. The van der Waals surface area contributed by atoms with E-state index in [-0.39, 0.29) is 49.1 Å². The number of sulfonamides is 2. The summed E-state index contributed by atoms with van der Waals surface area (Å²) in [6.45, 7) is 0.925. The molecule has 0 unspecified atom stereocenters. The fourth-order valence-corrected chi connectivity index (χ4v) is 9.79. The standard InChI is InChI=1S/C28H28N2O6S.C26H23NO6S/c1-30(2)25-10-5-9-24-23(25)8-6-12-27(24)37(33,34)29-21-13-15-22(16-14-21)35-17-18-36-26-11-4-3-7-20(26)19-28(31)32;28-26(29)18-21-7-3-4-8-25(21)33-16-15-32-23-12-10-22(11-13-23)27-34(30,31)24-14-9-19-5-1-2-6-20(19)17-24/h3-16,29H,17-19H2,1-2H3,(H,31,32);1-14,17,27H,15-16,18H2,(H,28,29). The molecule has 366 valence electrons. The molecular weight excluding hydrogens is 947 g/mol. The van der Waals surface area contributed by atoms with E-state index in [4.69, 9.17) is 29.2 Å². The highest BCUT2D eigenvalue weighted by molar-refractivity contribution is 7.93. The van der Waals surface area contributed by atoms with Gasteiger partial charge in [0.05, 0.1) is 22.6 Å². The Bertz CT molecular complexity index is 3350. The fraction of sp³-hybridized carbons (Fsp3) is 0.148. The molecule has 0 saturated carbocycles. The van der Waals surface area contributed by atoms with Crippen molar-refractivity contribution in [2.24, 2.45) is 0 Å². The molecule has 8 aromatic rings. The molecule has 0 amide bonds. The van der Waals surface area contributed by atoms with E-state index in [2.05, 4.69) is 9.44 Å². The Kier molecular flexibility index (Phi) is 16.6. The van der Waals surface area contributed by atoms with Crippen molar-refractivity contribution in [1.82, 2.24) is 0 Å². The zero-order valence-electron chi connectivity index (χ0n) is 38.7. The average Bonchev–Trinajstić information content (AvgIpc) is 3.35. The maximum atomic E-state index is 13.2. The lowest BCUT2D eigenvalue weighted by atomic mass is 10.1. The van der Waals surface area contributed by atoms with Gasteiger partial charge in [0.15, 0.2) is 0 Å². The van der Waals surface area contributed by atoms with Crippen LogP contribution in [0.25, 0.3) is 21.5 Å². The van der Waals surface area contributed by atoms with Crippen molar-refractivity contribution >= 4 is 70.6 Å². The molecule has 0 aromatic heterocycles. The first-order chi connectivity index (χ1) is 34.1. The lowest BCUT2D eigenvalue weighted by molar-refractivity contribution is -0.137. The molecule has 0 fully saturated rings. The van der Waals surface area contributed by atoms with Crippen LogP contribution < -0.4 is 33.3 Å². The van der Waals surface area contributed by atoms with E-state index in [1.54, 1.807) is 133 Å². The number of nitrogens with one attached hydrogen (secondary N) is 2. The highest BCUT2D eigenvalue weighted by Gasteiger charge is 2.20. The monoisotopic (exact) mass is 997 g/mol. The van der Waals surface area contributed by atoms with Crippen LogP contribution in [0.15, 0.2) is 186 Å². The maximum Gasteiger partial charge on any atom is 0.307 e. The number of nitrogens with zero attached hydrogens (tertiary/aromatic N) is 1. The fourth-order valence-electron chi connectivity index (χ4n) is 7.42. The number of aliphatic carboxylic acids is 2. The molecule has 0 heterocycles. The smallest absolute Gasteiger partial charge is 0.307 e. The number of carboxylic acid groups (broad SMARTS) is 2. The zero-order chi connectivity index (χ0) is 50.4. The van der Waals surface area contributed by atoms with E-state index in [0.29, 0.717) is 50.9 Å². The van der Waals surface area contributed by atoms with Gasteiger partial charge in [0.25, 0.3) is 20.0 Å². The summed E-state index contributed by atoms with van der Waals surface area (Å²) in [5.41, 5.74) is 2.95. The molecule has 0 aliphatic rings. The predicted molar refractivity (Wildman–Crippen MR) is 274 cm³/mol. The van der Waals surface area contributed by atoms with Crippen LogP contribution in [0.4, 0.5) is 17.1 Å². The third-order valence-corrected chi connectivity index (χ3v) is 13.5. The van der Waals surface area contributed by atoms with Gasteiger partial charge in [-0.2, -0.15) is 0 Å².